The third kappa shape index (κ3) is 2.79. The van der Waals surface area contributed by atoms with E-state index in [4.69, 9.17) is 5.11 Å². The molecular formula is C19H15NO3. The summed E-state index contributed by atoms with van der Waals surface area (Å²) in [5.74, 6) is -1.29. The van der Waals surface area contributed by atoms with Gasteiger partial charge in [-0.25, -0.2) is 4.79 Å². The first-order valence-electron chi connectivity index (χ1n) is 7.17. The monoisotopic (exact) mass is 305 g/mol. The predicted octanol–water partition coefficient (Wildman–Crippen LogP) is 3.81. The van der Waals surface area contributed by atoms with Crippen LogP contribution in [0.5, 0.6) is 0 Å². The summed E-state index contributed by atoms with van der Waals surface area (Å²) in [5.41, 5.74) is 1.23. The second kappa shape index (κ2) is 5.93. The van der Waals surface area contributed by atoms with E-state index in [9.17, 15) is 9.59 Å². The Balaban J connectivity index is 2.02. The lowest BCUT2D eigenvalue weighted by Crippen LogP contribution is -2.26. The Kier molecular flexibility index (Phi) is 3.81. The summed E-state index contributed by atoms with van der Waals surface area (Å²) in [6.07, 6.45) is 0. The summed E-state index contributed by atoms with van der Waals surface area (Å²) in [7, 11) is 1.69. The first kappa shape index (κ1) is 14.8. The minimum atomic E-state index is -1.05. The number of carboxylic acids is 1. The minimum absolute atomic E-state index is 0.0992. The minimum Gasteiger partial charge on any atom is -0.478 e. The van der Waals surface area contributed by atoms with Crippen molar-refractivity contribution in [2.24, 2.45) is 0 Å². The molecule has 4 heteroatoms. The largest absolute Gasteiger partial charge is 0.478 e. The summed E-state index contributed by atoms with van der Waals surface area (Å²) in [5, 5.41) is 11.1. The van der Waals surface area contributed by atoms with Gasteiger partial charge in [-0.3, -0.25) is 4.79 Å². The molecule has 0 aromatic heterocycles. The number of hydrogen-bond acceptors (Lipinski definition) is 2. The average molecular weight is 305 g/mol. The molecule has 0 fully saturated rings. The highest BCUT2D eigenvalue weighted by Crippen LogP contribution is 2.27. The Morgan fingerprint density at radius 3 is 2.30 bits per heavy atom. The molecule has 0 atom stereocenters. The SMILES string of the molecule is CN(C(=O)c1cccc(C(=O)O)c1)c1cccc2ccccc12. The van der Waals surface area contributed by atoms with Crippen LogP contribution in [-0.4, -0.2) is 24.0 Å². The normalized spacial score (nSPS) is 10.5. The molecule has 0 spiro atoms. The van der Waals surface area contributed by atoms with Crippen LogP contribution in [0.3, 0.4) is 0 Å². The fourth-order valence-corrected chi connectivity index (χ4v) is 2.59. The van der Waals surface area contributed by atoms with Crippen LogP contribution in [0.25, 0.3) is 10.8 Å². The number of rotatable bonds is 3. The number of benzene rings is 3. The van der Waals surface area contributed by atoms with Gasteiger partial charge in [0.1, 0.15) is 0 Å². The van der Waals surface area contributed by atoms with E-state index in [1.807, 2.05) is 42.5 Å². The highest BCUT2D eigenvalue weighted by atomic mass is 16.4. The van der Waals surface area contributed by atoms with E-state index in [-0.39, 0.29) is 11.5 Å². The van der Waals surface area contributed by atoms with Crippen molar-refractivity contribution in [2.75, 3.05) is 11.9 Å². The lowest BCUT2D eigenvalue weighted by molar-refractivity contribution is 0.0697. The number of hydrogen-bond donors (Lipinski definition) is 1. The number of anilines is 1. The van der Waals surface area contributed by atoms with Gasteiger partial charge in [0.2, 0.25) is 0 Å². The number of nitrogens with zero attached hydrogens (tertiary/aromatic N) is 1. The van der Waals surface area contributed by atoms with Gasteiger partial charge in [0.05, 0.1) is 11.3 Å². The smallest absolute Gasteiger partial charge is 0.335 e. The van der Waals surface area contributed by atoms with Crippen LogP contribution in [0.2, 0.25) is 0 Å². The third-order valence-corrected chi connectivity index (χ3v) is 3.79. The Morgan fingerprint density at radius 1 is 0.870 bits per heavy atom. The van der Waals surface area contributed by atoms with E-state index in [1.54, 1.807) is 24.1 Å². The molecule has 3 aromatic rings. The van der Waals surface area contributed by atoms with Crippen LogP contribution < -0.4 is 4.90 Å². The molecule has 0 aliphatic rings. The Morgan fingerprint density at radius 2 is 1.52 bits per heavy atom. The fourth-order valence-electron chi connectivity index (χ4n) is 2.59. The summed E-state index contributed by atoms with van der Waals surface area (Å²) < 4.78 is 0. The van der Waals surface area contributed by atoms with Crippen LogP contribution in [-0.2, 0) is 0 Å². The fraction of sp³-hybridized carbons (Fsp3) is 0.0526. The molecule has 0 saturated carbocycles. The number of amides is 1. The van der Waals surface area contributed by atoms with Crippen molar-refractivity contribution in [3.63, 3.8) is 0 Å². The molecule has 0 aliphatic heterocycles. The zero-order chi connectivity index (χ0) is 16.4. The van der Waals surface area contributed by atoms with Gasteiger partial charge in [-0.1, -0.05) is 42.5 Å². The van der Waals surface area contributed by atoms with Gasteiger partial charge in [0.25, 0.3) is 5.91 Å². The zero-order valence-corrected chi connectivity index (χ0v) is 12.6. The zero-order valence-electron chi connectivity index (χ0n) is 12.6. The molecule has 4 nitrogen and oxygen atoms in total. The quantitative estimate of drug-likeness (QED) is 0.800. The molecule has 0 saturated heterocycles. The lowest BCUT2D eigenvalue weighted by Gasteiger charge is -2.19. The second-order valence-electron chi connectivity index (χ2n) is 5.25. The molecule has 3 rings (SSSR count). The number of carbonyl (C=O) groups is 2. The average Bonchev–Trinajstić information content (AvgIpc) is 2.60. The summed E-state index contributed by atoms with van der Waals surface area (Å²) in [4.78, 5) is 25.3. The lowest BCUT2D eigenvalue weighted by atomic mass is 10.1. The van der Waals surface area contributed by atoms with Gasteiger partial charge < -0.3 is 10.0 Å². The van der Waals surface area contributed by atoms with Gasteiger partial charge >= 0.3 is 5.97 Å². The van der Waals surface area contributed by atoms with Crippen LogP contribution >= 0.6 is 0 Å². The maximum Gasteiger partial charge on any atom is 0.335 e. The van der Waals surface area contributed by atoms with E-state index >= 15 is 0 Å². The highest BCUT2D eigenvalue weighted by molar-refractivity contribution is 6.11. The van der Waals surface area contributed by atoms with Gasteiger partial charge in [0, 0.05) is 18.0 Å². The maximum atomic E-state index is 12.7. The summed E-state index contributed by atoms with van der Waals surface area (Å²) >= 11 is 0. The molecule has 0 unspecified atom stereocenters. The van der Waals surface area contributed by atoms with E-state index in [1.165, 1.54) is 12.1 Å². The standard InChI is InChI=1S/C19H15NO3/c1-20(17-11-5-7-13-6-2-3-10-16(13)17)18(21)14-8-4-9-15(12-14)19(22)23/h2-12H,1H3,(H,22,23). The molecule has 0 aliphatic carbocycles. The van der Waals surface area contributed by atoms with Crippen molar-refractivity contribution < 1.29 is 14.7 Å². The number of carboxylic acid groups (broad SMARTS) is 1. The summed E-state index contributed by atoms with van der Waals surface area (Å²) in [6.45, 7) is 0. The van der Waals surface area contributed by atoms with Crippen LogP contribution in [0.15, 0.2) is 66.7 Å². The van der Waals surface area contributed by atoms with Gasteiger partial charge in [-0.15, -0.1) is 0 Å². The van der Waals surface area contributed by atoms with Gasteiger partial charge in [0.15, 0.2) is 0 Å². The van der Waals surface area contributed by atoms with Crippen molar-refractivity contribution in [1.82, 2.24) is 0 Å². The molecule has 0 bridgehead atoms. The molecule has 0 radical (unpaired) electrons. The van der Waals surface area contributed by atoms with Gasteiger partial charge in [-0.05, 0) is 29.7 Å². The Bertz CT molecular complexity index is 897. The van der Waals surface area contributed by atoms with Gasteiger partial charge in [-0.2, -0.15) is 0 Å². The third-order valence-electron chi connectivity index (χ3n) is 3.79. The van der Waals surface area contributed by atoms with Crippen LogP contribution in [0.4, 0.5) is 5.69 Å². The predicted molar refractivity (Wildman–Crippen MR) is 90.1 cm³/mol. The van der Waals surface area contributed by atoms with E-state index in [2.05, 4.69) is 0 Å². The molecule has 1 N–H and O–H groups in total. The maximum absolute atomic E-state index is 12.7. The van der Waals surface area contributed by atoms with Crippen molar-refractivity contribution in [3.05, 3.63) is 77.9 Å². The second-order valence-corrected chi connectivity index (χ2v) is 5.25. The first-order chi connectivity index (χ1) is 11.1. The van der Waals surface area contributed by atoms with Crippen LogP contribution in [0, 0.1) is 0 Å². The Labute approximate surface area is 133 Å². The highest BCUT2D eigenvalue weighted by Gasteiger charge is 2.16. The summed E-state index contributed by atoms with van der Waals surface area (Å²) in [6, 6.07) is 19.6. The van der Waals surface area contributed by atoms with Crippen molar-refractivity contribution in [3.8, 4) is 0 Å². The first-order valence-corrected chi connectivity index (χ1v) is 7.17. The molecule has 1 amide bonds. The van der Waals surface area contributed by atoms with E-state index in [0.717, 1.165) is 16.5 Å². The molecular weight excluding hydrogens is 290 g/mol. The van der Waals surface area contributed by atoms with Crippen LogP contribution in [0.1, 0.15) is 20.7 Å². The number of carbonyl (C=O) groups excluding carboxylic acids is 1. The Hall–Kier alpha value is -3.14. The van der Waals surface area contributed by atoms with Crippen molar-refractivity contribution in [1.29, 1.82) is 0 Å². The molecule has 3 aromatic carbocycles. The molecule has 0 heterocycles. The molecule has 23 heavy (non-hydrogen) atoms. The molecule has 114 valence electrons. The number of fused-ring (bicyclic) bond motifs is 1. The number of aromatic carboxylic acids is 1. The van der Waals surface area contributed by atoms with E-state index in [0.29, 0.717) is 5.56 Å². The topological polar surface area (TPSA) is 57.6 Å². The van der Waals surface area contributed by atoms with Crippen molar-refractivity contribution >= 4 is 28.3 Å². The van der Waals surface area contributed by atoms with Crippen molar-refractivity contribution in [2.45, 2.75) is 0 Å². The van der Waals surface area contributed by atoms with E-state index < -0.39 is 5.97 Å².